The van der Waals surface area contributed by atoms with Gasteiger partial charge in [-0.1, -0.05) is 41.5 Å². The molecule has 1 aromatic heterocycles. The summed E-state index contributed by atoms with van der Waals surface area (Å²) in [5.74, 6) is -0.216. The molecule has 0 bridgehead atoms. The number of nitrogens with one attached hydrogen (secondary N) is 2. The standard InChI is InChI=1S/C26H24N2O4/c1-4-31-22-12-8-6-10-20(22)27-26(30)24-23(19-9-5-7-11-21(19)32-24)28-25(29)18-14-16(2)13-17(3)15-18/h5-15H,4H2,1-3H3,(H,27,30)(H,28,29). The molecule has 3 aromatic carbocycles. The first-order valence-electron chi connectivity index (χ1n) is 10.4. The molecule has 0 spiro atoms. The lowest BCUT2D eigenvalue weighted by atomic mass is 10.1. The Hall–Kier alpha value is -4.06. The van der Waals surface area contributed by atoms with E-state index in [2.05, 4.69) is 10.6 Å². The highest BCUT2D eigenvalue weighted by molar-refractivity contribution is 6.17. The van der Waals surface area contributed by atoms with Gasteiger partial charge in [-0.25, -0.2) is 0 Å². The molecule has 0 radical (unpaired) electrons. The van der Waals surface area contributed by atoms with Crippen LogP contribution in [-0.4, -0.2) is 18.4 Å². The van der Waals surface area contributed by atoms with Crippen molar-refractivity contribution in [1.29, 1.82) is 0 Å². The predicted molar refractivity (Wildman–Crippen MR) is 126 cm³/mol. The van der Waals surface area contributed by atoms with Gasteiger partial charge in [0.15, 0.2) is 0 Å². The van der Waals surface area contributed by atoms with Gasteiger partial charge in [0.1, 0.15) is 17.0 Å². The first kappa shape index (κ1) is 21.2. The van der Waals surface area contributed by atoms with Crippen LogP contribution in [0.5, 0.6) is 5.75 Å². The zero-order chi connectivity index (χ0) is 22.7. The van der Waals surface area contributed by atoms with Gasteiger partial charge in [-0.3, -0.25) is 9.59 Å². The fourth-order valence-electron chi connectivity index (χ4n) is 3.65. The highest BCUT2D eigenvalue weighted by atomic mass is 16.5. The van der Waals surface area contributed by atoms with Crippen molar-refractivity contribution in [3.8, 4) is 5.75 Å². The molecule has 6 heteroatoms. The number of carbonyl (C=O) groups excluding carboxylic acids is 2. The second-order valence-electron chi connectivity index (χ2n) is 7.52. The van der Waals surface area contributed by atoms with Crippen molar-refractivity contribution in [2.24, 2.45) is 0 Å². The summed E-state index contributed by atoms with van der Waals surface area (Å²) < 4.78 is 11.4. The van der Waals surface area contributed by atoms with Crippen LogP contribution in [0.25, 0.3) is 11.0 Å². The number of hydrogen-bond acceptors (Lipinski definition) is 4. The highest BCUT2D eigenvalue weighted by Gasteiger charge is 2.23. The number of furan rings is 1. The summed E-state index contributed by atoms with van der Waals surface area (Å²) in [6.07, 6.45) is 0. The Morgan fingerprint density at radius 1 is 0.875 bits per heavy atom. The maximum atomic E-state index is 13.2. The molecular weight excluding hydrogens is 404 g/mol. The van der Waals surface area contributed by atoms with Crippen molar-refractivity contribution in [3.63, 3.8) is 0 Å². The zero-order valence-electron chi connectivity index (χ0n) is 18.2. The zero-order valence-corrected chi connectivity index (χ0v) is 18.2. The van der Waals surface area contributed by atoms with Crippen molar-refractivity contribution >= 4 is 34.2 Å². The van der Waals surface area contributed by atoms with E-state index in [-0.39, 0.29) is 11.7 Å². The number of benzene rings is 3. The van der Waals surface area contributed by atoms with Gasteiger partial charge in [-0.15, -0.1) is 0 Å². The van der Waals surface area contributed by atoms with Crippen LogP contribution in [0, 0.1) is 13.8 Å². The first-order valence-corrected chi connectivity index (χ1v) is 10.4. The Balaban J connectivity index is 1.70. The summed E-state index contributed by atoms with van der Waals surface area (Å²) in [5, 5.41) is 6.37. The van der Waals surface area contributed by atoms with Gasteiger partial charge in [0, 0.05) is 10.9 Å². The first-order chi connectivity index (χ1) is 15.5. The molecule has 0 atom stereocenters. The van der Waals surface area contributed by atoms with Crippen molar-refractivity contribution < 1.29 is 18.7 Å². The van der Waals surface area contributed by atoms with Gasteiger partial charge in [0.25, 0.3) is 11.8 Å². The number of anilines is 2. The average Bonchev–Trinajstić information content (AvgIpc) is 3.13. The van der Waals surface area contributed by atoms with Crippen LogP contribution in [-0.2, 0) is 0 Å². The fourth-order valence-corrected chi connectivity index (χ4v) is 3.65. The normalized spacial score (nSPS) is 10.7. The number of fused-ring (bicyclic) bond motifs is 1. The van der Waals surface area contributed by atoms with Crippen LogP contribution in [0.3, 0.4) is 0 Å². The smallest absolute Gasteiger partial charge is 0.293 e. The molecule has 1 heterocycles. The summed E-state index contributed by atoms with van der Waals surface area (Å²) in [4.78, 5) is 26.2. The Labute approximate surface area is 186 Å². The SMILES string of the molecule is CCOc1ccccc1NC(=O)c1oc2ccccc2c1NC(=O)c1cc(C)cc(C)c1. The molecule has 162 valence electrons. The third kappa shape index (κ3) is 4.34. The van der Waals surface area contributed by atoms with Crippen molar-refractivity contribution in [1.82, 2.24) is 0 Å². The molecule has 6 nitrogen and oxygen atoms in total. The van der Waals surface area contributed by atoms with Crippen molar-refractivity contribution in [2.75, 3.05) is 17.2 Å². The number of amides is 2. The Bertz CT molecular complexity index is 1290. The molecule has 0 unspecified atom stereocenters. The van der Waals surface area contributed by atoms with Gasteiger partial charge in [0.05, 0.1) is 12.3 Å². The van der Waals surface area contributed by atoms with E-state index in [9.17, 15) is 9.59 Å². The molecule has 0 saturated carbocycles. The van der Waals surface area contributed by atoms with E-state index < -0.39 is 5.91 Å². The minimum Gasteiger partial charge on any atom is -0.492 e. The molecular formula is C26H24N2O4. The second-order valence-corrected chi connectivity index (χ2v) is 7.52. The van der Waals surface area contributed by atoms with Crippen LogP contribution in [0.1, 0.15) is 39.0 Å². The molecule has 0 aliphatic carbocycles. The van der Waals surface area contributed by atoms with E-state index in [1.54, 1.807) is 30.3 Å². The second kappa shape index (κ2) is 8.98. The van der Waals surface area contributed by atoms with Gasteiger partial charge in [-0.05, 0) is 57.2 Å². The van der Waals surface area contributed by atoms with Crippen LogP contribution in [0.2, 0.25) is 0 Å². The highest BCUT2D eigenvalue weighted by Crippen LogP contribution is 2.33. The van der Waals surface area contributed by atoms with Gasteiger partial charge in [-0.2, -0.15) is 0 Å². The van der Waals surface area contributed by atoms with Crippen LogP contribution in [0.15, 0.2) is 71.1 Å². The molecule has 0 aliphatic heterocycles. The molecule has 2 N–H and O–H groups in total. The summed E-state index contributed by atoms with van der Waals surface area (Å²) in [6.45, 7) is 6.21. The lowest BCUT2D eigenvalue weighted by molar-refractivity contribution is 0.0999. The maximum Gasteiger partial charge on any atom is 0.293 e. The summed E-state index contributed by atoms with van der Waals surface area (Å²) in [7, 11) is 0. The number of hydrogen-bond donors (Lipinski definition) is 2. The van der Waals surface area contributed by atoms with Crippen LogP contribution in [0.4, 0.5) is 11.4 Å². The maximum absolute atomic E-state index is 13.2. The minimum absolute atomic E-state index is 0.0234. The van der Waals surface area contributed by atoms with Crippen molar-refractivity contribution in [2.45, 2.75) is 20.8 Å². The molecule has 4 aromatic rings. The van der Waals surface area contributed by atoms with Crippen LogP contribution < -0.4 is 15.4 Å². The lowest BCUT2D eigenvalue weighted by Crippen LogP contribution is -2.17. The van der Waals surface area contributed by atoms with Gasteiger partial charge in [0.2, 0.25) is 5.76 Å². The van der Waals surface area contributed by atoms with E-state index in [0.29, 0.717) is 40.3 Å². The van der Waals surface area contributed by atoms with Gasteiger partial charge < -0.3 is 19.8 Å². The molecule has 2 amide bonds. The Morgan fingerprint density at radius 2 is 1.56 bits per heavy atom. The quantitative estimate of drug-likeness (QED) is 0.397. The summed E-state index contributed by atoms with van der Waals surface area (Å²) >= 11 is 0. The van der Waals surface area contributed by atoms with E-state index in [0.717, 1.165) is 11.1 Å². The summed E-state index contributed by atoms with van der Waals surface area (Å²) in [6, 6.07) is 20.0. The van der Waals surface area contributed by atoms with E-state index in [1.165, 1.54) is 0 Å². The van der Waals surface area contributed by atoms with Crippen molar-refractivity contribution in [3.05, 3.63) is 89.2 Å². The van der Waals surface area contributed by atoms with Crippen LogP contribution >= 0.6 is 0 Å². The van der Waals surface area contributed by atoms with Gasteiger partial charge >= 0.3 is 0 Å². The van der Waals surface area contributed by atoms with E-state index in [4.69, 9.17) is 9.15 Å². The Morgan fingerprint density at radius 3 is 2.31 bits per heavy atom. The topological polar surface area (TPSA) is 80.6 Å². The number of rotatable bonds is 6. The molecule has 32 heavy (non-hydrogen) atoms. The number of para-hydroxylation sites is 3. The molecule has 0 fully saturated rings. The molecule has 0 aliphatic rings. The molecule has 4 rings (SSSR count). The largest absolute Gasteiger partial charge is 0.492 e. The lowest BCUT2D eigenvalue weighted by Gasteiger charge is -2.11. The Kier molecular flexibility index (Phi) is 5.94. The third-order valence-corrected chi connectivity index (χ3v) is 4.96. The molecule has 0 saturated heterocycles. The average molecular weight is 428 g/mol. The van der Waals surface area contributed by atoms with E-state index >= 15 is 0 Å². The number of carbonyl (C=O) groups is 2. The number of aryl methyl sites for hydroxylation is 2. The minimum atomic E-state index is -0.482. The fraction of sp³-hybridized carbons (Fsp3) is 0.154. The number of ether oxygens (including phenoxy) is 1. The predicted octanol–water partition coefficient (Wildman–Crippen LogP) is 5.95. The monoisotopic (exact) mass is 428 g/mol. The third-order valence-electron chi connectivity index (χ3n) is 4.96. The van der Waals surface area contributed by atoms with E-state index in [1.807, 2.05) is 57.2 Å². The summed E-state index contributed by atoms with van der Waals surface area (Å²) in [5.41, 5.74) is 3.84.